The van der Waals surface area contributed by atoms with Gasteiger partial charge >= 0.3 is 6.18 Å². The van der Waals surface area contributed by atoms with Crippen molar-refractivity contribution in [2.24, 2.45) is 0 Å². The summed E-state index contributed by atoms with van der Waals surface area (Å²) >= 11 is 1.30. The summed E-state index contributed by atoms with van der Waals surface area (Å²) in [4.78, 5) is 14.2. The predicted octanol–water partition coefficient (Wildman–Crippen LogP) is 2.01. The third-order valence-electron chi connectivity index (χ3n) is 3.03. The molecule has 1 aliphatic heterocycles. The van der Waals surface area contributed by atoms with E-state index in [2.05, 4.69) is 10.2 Å². The zero-order valence-corrected chi connectivity index (χ0v) is 10.9. The molecule has 1 aliphatic rings. The Kier molecular flexibility index (Phi) is 3.00. The highest BCUT2D eigenvalue weighted by Gasteiger charge is 2.39. The number of rotatable bonds is 1. The Bertz CT molecular complexity index is 635. The van der Waals surface area contributed by atoms with Gasteiger partial charge in [0.2, 0.25) is 5.82 Å². The van der Waals surface area contributed by atoms with Crippen LogP contribution in [0.4, 0.5) is 13.2 Å². The summed E-state index contributed by atoms with van der Waals surface area (Å²) in [6, 6.07) is 3.44. The number of nitrogens with zero attached hydrogens (tertiary/aromatic N) is 4. The van der Waals surface area contributed by atoms with Gasteiger partial charge in [0, 0.05) is 13.1 Å². The topological polar surface area (TPSA) is 51.0 Å². The van der Waals surface area contributed by atoms with E-state index in [9.17, 15) is 18.0 Å². The van der Waals surface area contributed by atoms with Crippen molar-refractivity contribution < 1.29 is 18.0 Å². The smallest absolute Gasteiger partial charge is 0.329 e. The quantitative estimate of drug-likeness (QED) is 0.810. The maximum atomic E-state index is 12.7. The van der Waals surface area contributed by atoms with Gasteiger partial charge in [0.1, 0.15) is 0 Å². The molecule has 9 heteroatoms. The maximum Gasteiger partial charge on any atom is 0.451 e. The van der Waals surface area contributed by atoms with Crippen molar-refractivity contribution in [1.29, 1.82) is 0 Å². The fourth-order valence-electron chi connectivity index (χ4n) is 2.10. The first kappa shape index (κ1) is 13.1. The molecule has 0 fully saturated rings. The van der Waals surface area contributed by atoms with E-state index in [1.807, 2.05) is 0 Å². The van der Waals surface area contributed by atoms with Crippen LogP contribution >= 0.6 is 11.3 Å². The molecule has 0 saturated carbocycles. The molecule has 3 heterocycles. The Morgan fingerprint density at radius 2 is 2.10 bits per heavy atom. The van der Waals surface area contributed by atoms with E-state index in [0.29, 0.717) is 4.88 Å². The van der Waals surface area contributed by atoms with Crippen LogP contribution in [-0.4, -0.2) is 32.1 Å². The molecule has 0 atom stereocenters. The van der Waals surface area contributed by atoms with Gasteiger partial charge in [-0.15, -0.1) is 21.5 Å². The van der Waals surface area contributed by atoms with Crippen molar-refractivity contribution in [2.75, 3.05) is 6.54 Å². The number of amides is 1. The molecule has 0 aromatic carbocycles. The number of hydrogen-bond donors (Lipinski definition) is 0. The average Bonchev–Trinajstić information content (AvgIpc) is 3.05. The van der Waals surface area contributed by atoms with E-state index in [1.165, 1.54) is 16.2 Å². The van der Waals surface area contributed by atoms with E-state index in [-0.39, 0.29) is 31.4 Å². The number of alkyl halides is 3. The highest BCUT2D eigenvalue weighted by atomic mass is 32.1. The highest BCUT2D eigenvalue weighted by Crippen LogP contribution is 2.29. The average molecular weight is 302 g/mol. The van der Waals surface area contributed by atoms with Gasteiger partial charge in [-0.2, -0.15) is 13.2 Å². The Balaban J connectivity index is 1.83. The number of halogens is 3. The molecule has 2 aromatic rings. The SMILES string of the molecule is O=C(c1cccs1)N1CCn2c(nnc2C(F)(F)F)C1. The van der Waals surface area contributed by atoms with Crippen LogP contribution in [0.2, 0.25) is 0 Å². The van der Waals surface area contributed by atoms with Crippen molar-refractivity contribution in [1.82, 2.24) is 19.7 Å². The fourth-order valence-corrected chi connectivity index (χ4v) is 2.79. The minimum atomic E-state index is -4.52. The third kappa shape index (κ3) is 2.17. The van der Waals surface area contributed by atoms with Gasteiger partial charge in [-0.3, -0.25) is 4.79 Å². The monoisotopic (exact) mass is 302 g/mol. The molecule has 0 N–H and O–H groups in total. The lowest BCUT2D eigenvalue weighted by molar-refractivity contribution is -0.147. The zero-order valence-electron chi connectivity index (χ0n) is 10.1. The largest absolute Gasteiger partial charge is 0.451 e. The third-order valence-corrected chi connectivity index (χ3v) is 3.88. The number of aromatic nitrogens is 3. The number of hydrogen-bond acceptors (Lipinski definition) is 4. The van der Waals surface area contributed by atoms with Gasteiger partial charge in [0.05, 0.1) is 11.4 Å². The molecule has 0 aliphatic carbocycles. The minimum absolute atomic E-state index is 0.0415. The number of carbonyl (C=O) groups is 1. The van der Waals surface area contributed by atoms with Gasteiger partial charge in [-0.25, -0.2) is 0 Å². The lowest BCUT2D eigenvalue weighted by Crippen LogP contribution is -2.39. The van der Waals surface area contributed by atoms with Crippen molar-refractivity contribution in [3.8, 4) is 0 Å². The Labute approximate surface area is 115 Å². The fraction of sp³-hybridized carbons (Fsp3) is 0.364. The second kappa shape index (κ2) is 4.58. The molecule has 0 bridgehead atoms. The first-order valence-electron chi connectivity index (χ1n) is 5.79. The molecule has 1 amide bonds. The molecule has 20 heavy (non-hydrogen) atoms. The molecule has 0 spiro atoms. The van der Waals surface area contributed by atoms with Crippen LogP contribution < -0.4 is 0 Å². The van der Waals surface area contributed by atoms with Crippen molar-refractivity contribution in [3.63, 3.8) is 0 Å². The Morgan fingerprint density at radius 3 is 2.75 bits per heavy atom. The van der Waals surface area contributed by atoms with Gasteiger partial charge in [-0.05, 0) is 11.4 Å². The normalized spacial score (nSPS) is 15.2. The molecule has 5 nitrogen and oxygen atoms in total. The van der Waals surface area contributed by atoms with E-state index < -0.39 is 12.0 Å². The summed E-state index contributed by atoms with van der Waals surface area (Å²) in [5, 5.41) is 8.50. The van der Waals surface area contributed by atoms with Crippen LogP contribution in [0.15, 0.2) is 17.5 Å². The number of thiophene rings is 1. The van der Waals surface area contributed by atoms with Crippen LogP contribution in [-0.2, 0) is 19.3 Å². The van der Waals surface area contributed by atoms with Crippen LogP contribution in [0.1, 0.15) is 21.3 Å². The number of fused-ring (bicyclic) bond motifs is 1. The van der Waals surface area contributed by atoms with E-state index >= 15 is 0 Å². The molecule has 0 unspecified atom stereocenters. The summed E-state index contributed by atoms with van der Waals surface area (Å²) < 4.78 is 39.1. The second-order valence-corrected chi connectivity index (χ2v) is 5.24. The number of carbonyl (C=O) groups excluding carboxylic acids is 1. The molecular weight excluding hydrogens is 293 g/mol. The maximum absolute atomic E-state index is 12.7. The molecule has 0 saturated heterocycles. The lowest BCUT2D eigenvalue weighted by Gasteiger charge is -2.27. The molecule has 3 rings (SSSR count). The van der Waals surface area contributed by atoms with Crippen molar-refractivity contribution >= 4 is 17.2 Å². The van der Waals surface area contributed by atoms with Crippen molar-refractivity contribution in [2.45, 2.75) is 19.3 Å². The van der Waals surface area contributed by atoms with E-state index in [0.717, 1.165) is 4.57 Å². The minimum Gasteiger partial charge on any atom is -0.329 e. The van der Waals surface area contributed by atoms with Crippen LogP contribution in [0.25, 0.3) is 0 Å². The lowest BCUT2D eigenvalue weighted by atomic mass is 10.3. The van der Waals surface area contributed by atoms with E-state index in [1.54, 1.807) is 17.5 Å². The standard InChI is InChI=1S/C11H9F3N4OS/c12-11(13,14)10-16-15-8-6-17(3-4-18(8)10)9(19)7-2-1-5-20-7/h1-2,5H,3-4,6H2. The molecule has 0 radical (unpaired) electrons. The van der Waals surface area contributed by atoms with Gasteiger partial charge in [-0.1, -0.05) is 6.07 Å². The summed E-state index contributed by atoms with van der Waals surface area (Å²) in [6.07, 6.45) is -4.52. The van der Waals surface area contributed by atoms with Crippen LogP contribution in [0.3, 0.4) is 0 Å². The van der Waals surface area contributed by atoms with Gasteiger partial charge in [0.25, 0.3) is 5.91 Å². The Hall–Kier alpha value is -1.90. The van der Waals surface area contributed by atoms with Gasteiger partial charge in [0.15, 0.2) is 5.82 Å². The highest BCUT2D eigenvalue weighted by molar-refractivity contribution is 7.12. The summed E-state index contributed by atoms with van der Waals surface area (Å²) in [5.74, 6) is -1.04. The van der Waals surface area contributed by atoms with E-state index in [4.69, 9.17) is 0 Å². The molecule has 2 aromatic heterocycles. The van der Waals surface area contributed by atoms with Crippen LogP contribution in [0, 0.1) is 0 Å². The first-order chi connectivity index (χ1) is 9.47. The molecular formula is C11H9F3N4OS. The Morgan fingerprint density at radius 1 is 1.30 bits per heavy atom. The summed E-state index contributed by atoms with van der Waals surface area (Å²) in [5.41, 5.74) is 0. The summed E-state index contributed by atoms with van der Waals surface area (Å²) in [6.45, 7) is 0.305. The molecule has 106 valence electrons. The zero-order chi connectivity index (χ0) is 14.3. The predicted molar refractivity (Wildman–Crippen MR) is 64.1 cm³/mol. The second-order valence-electron chi connectivity index (χ2n) is 4.29. The van der Waals surface area contributed by atoms with Gasteiger partial charge < -0.3 is 9.47 Å². The van der Waals surface area contributed by atoms with Crippen LogP contribution in [0.5, 0.6) is 0 Å². The first-order valence-corrected chi connectivity index (χ1v) is 6.67. The summed E-state index contributed by atoms with van der Waals surface area (Å²) in [7, 11) is 0. The van der Waals surface area contributed by atoms with Crippen molar-refractivity contribution in [3.05, 3.63) is 34.0 Å².